The van der Waals surface area contributed by atoms with E-state index in [0.717, 1.165) is 11.1 Å². The number of likely N-dealkylation sites (tertiary alicyclic amines) is 1. The van der Waals surface area contributed by atoms with E-state index < -0.39 is 22.3 Å². The fraction of sp³-hybridized carbons (Fsp3) is 0.350. The summed E-state index contributed by atoms with van der Waals surface area (Å²) in [6.07, 6.45) is -1.06. The number of carbonyl (C=O) groups is 1. The highest BCUT2D eigenvalue weighted by molar-refractivity contribution is 7.86. The molecule has 1 amide bonds. The predicted molar refractivity (Wildman–Crippen MR) is 101 cm³/mol. The van der Waals surface area contributed by atoms with Crippen molar-refractivity contribution in [2.24, 2.45) is 5.92 Å². The average molecular weight is 389 g/mol. The third-order valence-corrected chi connectivity index (χ3v) is 5.92. The lowest BCUT2D eigenvalue weighted by Gasteiger charge is -2.16. The Labute approximate surface area is 159 Å². The van der Waals surface area contributed by atoms with Crippen molar-refractivity contribution in [1.82, 2.24) is 4.90 Å². The molecule has 0 saturated carbocycles. The van der Waals surface area contributed by atoms with Crippen LogP contribution in [0.1, 0.15) is 18.1 Å². The summed E-state index contributed by atoms with van der Waals surface area (Å²) in [6.45, 7) is 4.49. The van der Waals surface area contributed by atoms with Gasteiger partial charge < -0.3 is 9.64 Å². The van der Waals surface area contributed by atoms with Gasteiger partial charge in [-0.25, -0.2) is 4.79 Å². The van der Waals surface area contributed by atoms with Gasteiger partial charge in [0.1, 0.15) is 6.61 Å². The van der Waals surface area contributed by atoms with Crippen molar-refractivity contribution in [3.63, 3.8) is 0 Å². The van der Waals surface area contributed by atoms with Gasteiger partial charge in [-0.15, -0.1) is 0 Å². The van der Waals surface area contributed by atoms with Crippen LogP contribution in [-0.2, 0) is 25.6 Å². The van der Waals surface area contributed by atoms with Gasteiger partial charge in [0.15, 0.2) is 0 Å². The Morgan fingerprint density at radius 3 is 2.41 bits per heavy atom. The molecule has 0 aromatic heterocycles. The molecule has 0 bridgehead atoms. The molecule has 1 saturated heterocycles. The average Bonchev–Trinajstić information content (AvgIpc) is 3.01. The first-order valence-corrected chi connectivity index (χ1v) is 10.2. The van der Waals surface area contributed by atoms with Gasteiger partial charge in [-0.1, -0.05) is 55.0 Å². The SMILES string of the molecule is Cc1ccc(S(=O)(=O)O[C@@H]2CN(C(=O)OCc3ccccc3)C[C@H]2C)cc1. The highest BCUT2D eigenvalue weighted by Crippen LogP contribution is 2.25. The van der Waals surface area contributed by atoms with E-state index in [1.54, 1.807) is 12.1 Å². The lowest BCUT2D eigenvalue weighted by molar-refractivity contribution is 0.0994. The molecule has 1 fully saturated rings. The first-order valence-electron chi connectivity index (χ1n) is 8.81. The van der Waals surface area contributed by atoms with E-state index in [2.05, 4.69) is 0 Å². The Morgan fingerprint density at radius 2 is 1.74 bits per heavy atom. The van der Waals surface area contributed by atoms with Gasteiger partial charge in [0, 0.05) is 12.5 Å². The normalized spacial score (nSPS) is 19.9. The summed E-state index contributed by atoms with van der Waals surface area (Å²) in [5, 5.41) is 0. The third-order valence-electron chi connectivity index (χ3n) is 4.57. The molecule has 2 atom stereocenters. The zero-order valence-corrected chi connectivity index (χ0v) is 16.2. The fourth-order valence-corrected chi connectivity index (χ4v) is 4.10. The van der Waals surface area contributed by atoms with Crippen LogP contribution in [-0.4, -0.2) is 38.6 Å². The van der Waals surface area contributed by atoms with E-state index in [-0.39, 0.29) is 24.0 Å². The second-order valence-electron chi connectivity index (χ2n) is 6.82. The van der Waals surface area contributed by atoms with E-state index in [9.17, 15) is 13.2 Å². The quantitative estimate of drug-likeness (QED) is 0.733. The van der Waals surface area contributed by atoms with E-state index in [1.165, 1.54) is 17.0 Å². The number of amides is 1. The Morgan fingerprint density at radius 1 is 1.07 bits per heavy atom. The number of rotatable bonds is 5. The van der Waals surface area contributed by atoms with Crippen LogP contribution < -0.4 is 0 Å². The number of carbonyl (C=O) groups excluding carboxylic acids is 1. The van der Waals surface area contributed by atoms with Crippen molar-refractivity contribution < 1.29 is 22.1 Å². The lowest BCUT2D eigenvalue weighted by atomic mass is 10.1. The van der Waals surface area contributed by atoms with Crippen LogP contribution >= 0.6 is 0 Å². The predicted octanol–water partition coefficient (Wildman–Crippen LogP) is 3.36. The van der Waals surface area contributed by atoms with Crippen molar-refractivity contribution >= 4 is 16.2 Å². The molecule has 2 aromatic carbocycles. The zero-order valence-electron chi connectivity index (χ0n) is 15.4. The van der Waals surface area contributed by atoms with Crippen LogP contribution in [0.3, 0.4) is 0 Å². The van der Waals surface area contributed by atoms with Crippen LogP contribution in [0.5, 0.6) is 0 Å². The highest BCUT2D eigenvalue weighted by atomic mass is 32.2. The number of hydrogen-bond donors (Lipinski definition) is 0. The molecule has 1 aliphatic rings. The maximum Gasteiger partial charge on any atom is 0.410 e. The first-order chi connectivity index (χ1) is 12.8. The molecule has 0 N–H and O–H groups in total. The number of benzene rings is 2. The summed E-state index contributed by atoms with van der Waals surface area (Å²) in [5.74, 6) is -0.116. The molecule has 2 aromatic rings. The summed E-state index contributed by atoms with van der Waals surface area (Å²) in [5.41, 5.74) is 1.86. The van der Waals surface area contributed by atoms with Crippen LogP contribution in [0.2, 0.25) is 0 Å². The maximum absolute atomic E-state index is 12.5. The first kappa shape index (κ1) is 19.4. The Bertz CT molecular complexity index is 880. The monoisotopic (exact) mass is 389 g/mol. The topological polar surface area (TPSA) is 72.9 Å². The van der Waals surface area contributed by atoms with E-state index in [1.807, 2.05) is 44.2 Å². The van der Waals surface area contributed by atoms with Gasteiger partial charge in [0.2, 0.25) is 0 Å². The minimum atomic E-state index is -3.88. The number of nitrogens with zero attached hydrogens (tertiary/aromatic N) is 1. The maximum atomic E-state index is 12.5. The molecule has 3 rings (SSSR count). The second-order valence-corrected chi connectivity index (χ2v) is 8.40. The molecule has 144 valence electrons. The molecule has 0 radical (unpaired) electrons. The minimum Gasteiger partial charge on any atom is -0.445 e. The molecule has 0 unspecified atom stereocenters. The molecule has 6 nitrogen and oxygen atoms in total. The van der Waals surface area contributed by atoms with Gasteiger partial charge in [-0.05, 0) is 24.6 Å². The van der Waals surface area contributed by atoms with E-state index in [0.29, 0.717) is 6.54 Å². The van der Waals surface area contributed by atoms with Crippen molar-refractivity contribution in [3.05, 3.63) is 65.7 Å². The largest absolute Gasteiger partial charge is 0.445 e. The summed E-state index contributed by atoms with van der Waals surface area (Å²) in [7, 11) is -3.88. The van der Waals surface area contributed by atoms with E-state index in [4.69, 9.17) is 8.92 Å². The lowest BCUT2D eigenvalue weighted by Crippen LogP contribution is -2.31. The number of hydrogen-bond acceptors (Lipinski definition) is 5. The summed E-state index contributed by atoms with van der Waals surface area (Å²) in [4.78, 5) is 13.9. The standard InChI is InChI=1S/C20H23NO5S/c1-15-8-10-18(11-9-15)27(23,24)26-19-13-21(12-16(19)2)20(22)25-14-17-6-4-3-5-7-17/h3-11,16,19H,12-14H2,1-2H3/t16-,19-/m1/s1. The minimum absolute atomic E-state index is 0.116. The highest BCUT2D eigenvalue weighted by Gasteiger charge is 2.37. The van der Waals surface area contributed by atoms with Crippen molar-refractivity contribution in [3.8, 4) is 0 Å². The molecular weight excluding hydrogens is 366 g/mol. The van der Waals surface area contributed by atoms with Crippen LogP contribution in [0.4, 0.5) is 4.79 Å². The Hall–Kier alpha value is -2.38. The van der Waals surface area contributed by atoms with Crippen molar-refractivity contribution in [2.75, 3.05) is 13.1 Å². The van der Waals surface area contributed by atoms with Gasteiger partial charge in [0.25, 0.3) is 10.1 Å². The summed E-state index contributed by atoms with van der Waals surface area (Å²) >= 11 is 0. The second kappa shape index (κ2) is 8.10. The smallest absolute Gasteiger partial charge is 0.410 e. The Kier molecular flexibility index (Phi) is 5.82. The molecule has 7 heteroatoms. The van der Waals surface area contributed by atoms with Gasteiger partial charge in [-0.3, -0.25) is 4.18 Å². The summed E-state index contributed by atoms with van der Waals surface area (Å²) in [6, 6.07) is 15.9. The molecule has 0 aliphatic carbocycles. The van der Waals surface area contributed by atoms with Crippen LogP contribution in [0.25, 0.3) is 0 Å². The zero-order chi connectivity index (χ0) is 19.4. The van der Waals surface area contributed by atoms with Crippen molar-refractivity contribution in [1.29, 1.82) is 0 Å². The summed E-state index contributed by atoms with van der Waals surface area (Å²) < 4.78 is 35.7. The Balaban J connectivity index is 1.59. The van der Waals surface area contributed by atoms with Crippen LogP contribution in [0.15, 0.2) is 59.5 Å². The molecule has 1 heterocycles. The fourth-order valence-electron chi connectivity index (χ4n) is 2.95. The van der Waals surface area contributed by atoms with Crippen molar-refractivity contribution in [2.45, 2.75) is 31.5 Å². The molecule has 0 spiro atoms. The number of ether oxygens (including phenoxy) is 1. The third kappa shape index (κ3) is 4.87. The van der Waals surface area contributed by atoms with Crippen LogP contribution in [0, 0.1) is 12.8 Å². The molecule has 27 heavy (non-hydrogen) atoms. The van der Waals surface area contributed by atoms with E-state index >= 15 is 0 Å². The van der Waals surface area contributed by atoms with Gasteiger partial charge in [0.05, 0.1) is 17.5 Å². The number of aryl methyl sites for hydroxylation is 1. The van der Waals surface area contributed by atoms with Gasteiger partial charge >= 0.3 is 6.09 Å². The molecular formula is C20H23NO5S. The molecule has 1 aliphatic heterocycles. The van der Waals surface area contributed by atoms with Gasteiger partial charge in [-0.2, -0.15) is 8.42 Å².